The summed E-state index contributed by atoms with van der Waals surface area (Å²) in [5.41, 5.74) is 13.5. The number of benzene rings is 5. The fourth-order valence-electron chi connectivity index (χ4n) is 8.16. The van der Waals surface area contributed by atoms with E-state index < -0.39 is 8.07 Å². The van der Waals surface area contributed by atoms with Gasteiger partial charge in [0.15, 0.2) is 5.65 Å². The summed E-state index contributed by atoms with van der Waals surface area (Å²) in [6.07, 6.45) is 4.93. The number of rotatable bonds is 9. The molecule has 61 heavy (non-hydrogen) atoms. The van der Waals surface area contributed by atoms with Crippen molar-refractivity contribution >= 4 is 46.4 Å². The van der Waals surface area contributed by atoms with Crippen LogP contribution >= 0.6 is 0 Å². The Balaban J connectivity index is 0.000000226. The molecule has 0 spiro atoms. The zero-order valence-electron chi connectivity index (χ0n) is 36.5. The van der Waals surface area contributed by atoms with Crippen LogP contribution in [0.1, 0.15) is 70.1 Å². The number of aromatic nitrogens is 5. The Morgan fingerprint density at radius 2 is 1.43 bits per heavy atom. The summed E-state index contributed by atoms with van der Waals surface area (Å²) in [4.78, 5) is 9.82. The number of nitrogens with zero attached hydrogens (tertiary/aromatic N) is 5. The number of hydrogen-bond donors (Lipinski definition) is 0. The molecule has 0 atom stereocenters. The second kappa shape index (κ2) is 18.2. The molecule has 9 aromatic rings. The number of pyridine rings is 1. The van der Waals surface area contributed by atoms with Crippen molar-refractivity contribution in [2.45, 2.75) is 79.4 Å². The third-order valence-electron chi connectivity index (χ3n) is 11.0. The molecule has 0 aliphatic carbocycles. The van der Waals surface area contributed by atoms with Crippen LogP contribution in [0, 0.1) is 18.1 Å². The molecule has 311 valence electrons. The van der Waals surface area contributed by atoms with Crippen LogP contribution in [0.2, 0.25) is 19.6 Å². The van der Waals surface area contributed by atoms with Crippen LogP contribution in [0.4, 0.5) is 0 Å². The van der Waals surface area contributed by atoms with Gasteiger partial charge in [-0.05, 0) is 81.6 Å². The van der Waals surface area contributed by atoms with Crippen molar-refractivity contribution in [3.8, 4) is 39.5 Å². The molecule has 8 heteroatoms. The van der Waals surface area contributed by atoms with Gasteiger partial charge in [0.05, 0.1) is 25.7 Å². The summed E-state index contributed by atoms with van der Waals surface area (Å²) in [5.74, 6) is 1.92. The molecule has 0 N–H and O–H groups in total. The van der Waals surface area contributed by atoms with Crippen molar-refractivity contribution in [3.63, 3.8) is 0 Å². The quantitative estimate of drug-likeness (QED) is 0.106. The second-order valence-corrected chi connectivity index (χ2v) is 22.8. The van der Waals surface area contributed by atoms with Gasteiger partial charge in [0.1, 0.15) is 11.1 Å². The largest absolute Gasteiger partial charge is 0.501 e. The summed E-state index contributed by atoms with van der Waals surface area (Å²) in [6, 6.07) is 46.4. The number of para-hydroxylation sites is 1. The van der Waals surface area contributed by atoms with E-state index >= 15 is 0 Å². The molecule has 0 aliphatic heterocycles. The van der Waals surface area contributed by atoms with Crippen LogP contribution in [0.25, 0.3) is 72.6 Å². The van der Waals surface area contributed by atoms with Crippen LogP contribution in [-0.2, 0) is 26.5 Å². The number of fused-ring (bicyclic) bond motifs is 4. The van der Waals surface area contributed by atoms with Gasteiger partial charge >= 0.3 is 0 Å². The standard InChI is InChI=1S/C35H29N4O.C18H24NSi.Ir/c1-21(2)28-19-24(23-11-6-5-7-12-23)20-29(22(3)4)32(28)39-34(37-30-17-18-36-38-35(30)39)27-15-10-14-26-25-13-8-9-16-31(25)40-33(26)27;1-14(2)11-16-12-17(15-9-7-6-8-10-15)19-13-18(16)20(3,4)5;/h5-14,16-22H,1-4H3;6-9,12-14H,11H2,1-5H3;/q2*-1;. The molecule has 9 rings (SSSR count). The molecule has 0 saturated carbocycles. The van der Waals surface area contributed by atoms with Gasteiger partial charge < -0.3 is 14.0 Å². The van der Waals surface area contributed by atoms with Gasteiger partial charge in [-0.15, -0.1) is 59.2 Å². The van der Waals surface area contributed by atoms with E-state index in [4.69, 9.17) is 9.40 Å². The monoisotopic (exact) mass is 996 g/mol. The molecule has 0 bridgehead atoms. The van der Waals surface area contributed by atoms with Crippen molar-refractivity contribution in [3.05, 3.63) is 156 Å². The molecule has 5 aromatic carbocycles. The van der Waals surface area contributed by atoms with E-state index in [-0.39, 0.29) is 31.9 Å². The number of imidazole rings is 1. The van der Waals surface area contributed by atoms with Crippen LogP contribution in [0.3, 0.4) is 0 Å². The Morgan fingerprint density at radius 3 is 2.10 bits per heavy atom. The normalized spacial score (nSPS) is 11.7. The van der Waals surface area contributed by atoms with E-state index in [1.165, 1.54) is 33.0 Å². The van der Waals surface area contributed by atoms with Gasteiger partial charge in [0, 0.05) is 37.4 Å². The zero-order valence-corrected chi connectivity index (χ0v) is 39.9. The van der Waals surface area contributed by atoms with Crippen LogP contribution in [0.5, 0.6) is 0 Å². The van der Waals surface area contributed by atoms with E-state index in [1.807, 2.05) is 48.5 Å². The molecular formula is C53H53IrN5OSi-2. The molecule has 6 nitrogen and oxygen atoms in total. The van der Waals surface area contributed by atoms with Crippen molar-refractivity contribution in [2.75, 3.05) is 0 Å². The summed E-state index contributed by atoms with van der Waals surface area (Å²) in [7, 11) is -1.34. The summed E-state index contributed by atoms with van der Waals surface area (Å²) in [5, 5.41) is 12.5. The minimum atomic E-state index is -1.34. The van der Waals surface area contributed by atoms with Gasteiger partial charge in [-0.1, -0.05) is 132 Å². The number of hydrogen-bond acceptors (Lipinski definition) is 5. The zero-order chi connectivity index (χ0) is 42.1. The van der Waals surface area contributed by atoms with Crippen molar-refractivity contribution < 1.29 is 24.5 Å². The van der Waals surface area contributed by atoms with Crippen LogP contribution in [-0.4, -0.2) is 32.8 Å². The molecule has 4 heterocycles. The first-order valence-electron chi connectivity index (χ1n) is 21.1. The topological polar surface area (TPSA) is 69.6 Å². The average Bonchev–Trinajstić information content (AvgIpc) is 3.82. The van der Waals surface area contributed by atoms with Gasteiger partial charge in [0.25, 0.3) is 0 Å². The third kappa shape index (κ3) is 8.94. The van der Waals surface area contributed by atoms with E-state index in [9.17, 15) is 0 Å². The Morgan fingerprint density at radius 1 is 0.721 bits per heavy atom. The molecule has 0 saturated heterocycles. The van der Waals surface area contributed by atoms with E-state index in [0.29, 0.717) is 5.92 Å². The Bertz CT molecular complexity index is 2900. The maximum absolute atomic E-state index is 6.44. The Kier molecular flexibility index (Phi) is 13.0. The first-order valence-corrected chi connectivity index (χ1v) is 24.6. The average molecular weight is 996 g/mol. The summed E-state index contributed by atoms with van der Waals surface area (Å²) >= 11 is 0. The fourth-order valence-corrected chi connectivity index (χ4v) is 9.75. The molecule has 0 amide bonds. The Hall–Kier alpha value is -5.53. The maximum Gasteiger partial charge on any atom is 0.178 e. The SMILES string of the molecule is CC(C)Cc1cc(-c2[c-]cccc2)ncc1[Si](C)(C)C.CC(C)c1cc(-c2ccccc2)cc(C(C)C)c1-n1c(-c2[c-]ccc3c2oc2ccccc23)nc2ccnnc21.[Ir]. The molecule has 4 aromatic heterocycles. The van der Waals surface area contributed by atoms with Crippen molar-refractivity contribution in [1.82, 2.24) is 24.7 Å². The minimum absolute atomic E-state index is 0. The van der Waals surface area contributed by atoms with E-state index in [1.54, 1.807) is 6.20 Å². The molecule has 1 radical (unpaired) electrons. The predicted octanol–water partition coefficient (Wildman–Crippen LogP) is 13.4. The maximum atomic E-state index is 6.44. The van der Waals surface area contributed by atoms with Crippen LogP contribution < -0.4 is 5.19 Å². The van der Waals surface area contributed by atoms with Gasteiger partial charge in [-0.25, -0.2) is 0 Å². The Labute approximate surface area is 374 Å². The second-order valence-electron chi connectivity index (χ2n) is 17.7. The van der Waals surface area contributed by atoms with Gasteiger partial charge in [0.2, 0.25) is 0 Å². The van der Waals surface area contributed by atoms with Gasteiger partial charge in [-0.3, -0.25) is 4.98 Å². The van der Waals surface area contributed by atoms with Crippen molar-refractivity contribution in [2.24, 2.45) is 5.92 Å². The first kappa shape index (κ1) is 43.6. The minimum Gasteiger partial charge on any atom is -0.501 e. The third-order valence-corrected chi connectivity index (χ3v) is 13.1. The summed E-state index contributed by atoms with van der Waals surface area (Å²) in [6.45, 7) is 20.7. The molecule has 0 unspecified atom stereocenters. The molecular weight excluding hydrogens is 943 g/mol. The van der Waals surface area contributed by atoms with E-state index in [0.717, 1.165) is 67.9 Å². The first-order chi connectivity index (χ1) is 28.9. The van der Waals surface area contributed by atoms with Crippen molar-refractivity contribution in [1.29, 1.82) is 0 Å². The fraction of sp³-hybridized carbons (Fsp3) is 0.245. The smallest absolute Gasteiger partial charge is 0.178 e. The molecule has 0 fully saturated rings. The van der Waals surface area contributed by atoms with Gasteiger partial charge in [-0.2, -0.15) is 5.10 Å². The van der Waals surface area contributed by atoms with E-state index in [2.05, 4.69) is 166 Å². The van der Waals surface area contributed by atoms with Crippen LogP contribution in [0.15, 0.2) is 132 Å². The summed E-state index contributed by atoms with van der Waals surface area (Å²) < 4.78 is 8.62. The predicted molar refractivity (Wildman–Crippen MR) is 252 cm³/mol. The molecule has 0 aliphatic rings. The number of furan rings is 1.